The highest BCUT2D eigenvalue weighted by molar-refractivity contribution is 5.95. The maximum absolute atomic E-state index is 13.6. The van der Waals surface area contributed by atoms with E-state index in [1.54, 1.807) is 0 Å². The van der Waals surface area contributed by atoms with Crippen molar-refractivity contribution in [3.05, 3.63) is 23.7 Å². The van der Waals surface area contributed by atoms with Gasteiger partial charge in [-0.2, -0.15) is 0 Å². The Morgan fingerprint density at radius 3 is 2.67 bits per heavy atom. The first-order valence-corrected chi connectivity index (χ1v) is 5.33. The summed E-state index contributed by atoms with van der Waals surface area (Å²) in [6.45, 7) is 0. The third-order valence-electron chi connectivity index (χ3n) is 2.83. The zero-order valence-electron chi connectivity index (χ0n) is 9.21. The first kappa shape index (κ1) is 12.9. The Bertz CT molecular complexity index is 415. The quantitative estimate of drug-likeness (QED) is 0.443. The van der Waals surface area contributed by atoms with E-state index in [9.17, 15) is 18.0 Å². The monoisotopic (exact) mass is 263 g/mol. The maximum atomic E-state index is 13.6. The molecule has 2 rings (SSSR count). The maximum Gasteiger partial charge on any atom is 0.276 e. The summed E-state index contributed by atoms with van der Waals surface area (Å²) in [6.07, 6.45) is 0.541. The Kier molecular flexibility index (Phi) is 3.31. The molecule has 0 saturated heterocycles. The number of carbonyl (C=O) groups is 1. The Hall–Kier alpha value is -1.54. The van der Waals surface area contributed by atoms with Crippen molar-refractivity contribution in [1.29, 1.82) is 0 Å². The van der Waals surface area contributed by atoms with Crippen LogP contribution in [-0.4, -0.2) is 29.2 Å². The van der Waals surface area contributed by atoms with E-state index in [1.807, 2.05) is 0 Å². The van der Waals surface area contributed by atoms with Gasteiger partial charge < -0.3 is 5.32 Å². The minimum absolute atomic E-state index is 0.0908. The molecule has 8 heteroatoms. The summed E-state index contributed by atoms with van der Waals surface area (Å²) in [5.74, 6) is -4.23. The van der Waals surface area contributed by atoms with Crippen molar-refractivity contribution in [3.63, 3.8) is 0 Å². The van der Waals surface area contributed by atoms with Gasteiger partial charge in [0.1, 0.15) is 12.0 Å². The molecule has 5 nitrogen and oxygen atoms in total. The Labute approximate surface area is 101 Å². The molecule has 18 heavy (non-hydrogen) atoms. The smallest absolute Gasteiger partial charge is 0.276 e. The number of hydroxylamine groups is 1. The van der Waals surface area contributed by atoms with E-state index in [0.717, 1.165) is 6.08 Å². The number of carbonyl (C=O) groups excluding carboxylic acids is 1. The number of hydrogen-bond donors (Lipinski definition) is 4. The number of hydrogen-bond acceptors (Lipinski definition) is 4. The summed E-state index contributed by atoms with van der Waals surface area (Å²) in [4.78, 5) is 11.0. The van der Waals surface area contributed by atoms with Crippen LogP contribution in [0.15, 0.2) is 23.7 Å². The molecular weight excluding hydrogens is 251 g/mol. The lowest BCUT2D eigenvalue weighted by Gasteiger charge is -2.38. The van der Waals surface area contributed by atoms with E-state index < -0.39 is 29.9 Å². The lowest BCUT2D eigenvalue weighted by Crippen LogP contribution is -2.55. The second kappa shape index (κ2) is 4.62. The van der Waals surface area contributed by atoms with Gasteiger partial charge in [-0.25, -0.2) is 18.7 Å². The molecule has 0 aromatic rings. The highest BCUT2D eigenvalue weighted by Gasteiger charge is 2.46. The molecule has 0 bridgehead atoms. The lowest BCUT2D eigenvalue weighted by atomic mass is 9.88. The molecule has 1 saturated carbocycles. The molecule has 1 heterocycles. The standard InChI is InChI=1S/C10H12F3N3O2/c11-7-1-5(9(17)16-18)4-14-8(7)15-6-2-10(12,13)3-6/h1,4,6,8,14-15,18H,2-3H2,(H,16,17). The summed E-state index contributed by atoms with van der Waals surface area (Å²) in [5.41, 5.74) is 1.28. The minimum atomic E-state index is -2.68. The molecule has 1 unspecified atom stereocenters. The summed E-state index contributed by atoms with van der Waals surface area (Å²) < 4.78 is 38.7. The van der Waals surface area contributed by atoms with Gasteiger partial charge in [0.25, 0.3) is 11.8 Å². The Morgan fingerprint density at radius 2 is 2.17 bits per heavy atom. The molecule has 0 aromatic heterocycles. The molecule has 1 aliphatic carbocycles. The molecule has 0 aromatic carbocycles. The van der Waals surface area contributed by atoms with E-state index >= 15 is 0 Å². The number of alkyl halides is 2. The zero-order chi connectivity index (χ0) is 13.3. The SMILES string of the molecule is O=C(NO)C1=CNC(NC2CC(F)(F)C2)C(F)=C1. The molecule has 1 fully saturated rings. The van der Waals surface area contributed by atoms with E-state index in [2.05, 4.69) is 10.6 Å². The van der Waals surface area contributed by atoms with E-state index in [0.29, 0.717) is 0 Å². The summed E-state index contributed by atoms with van der Waals surface area (Å²) in [7, 11) is 0. The largest absolute Gasteiger partial charge is 0.369 e. The van der Waals surface area contributed by atoms with Gasteiger partial charge in [0, 0.05) is 25.1 Å². The predicted molar refractivity (Wildman–Crippen MR) is 55.2 cm³/mol. The van der Waals surface area contributed by atoms with Crippen LogP contribution in [0.25, 0.3) is 0 Å². The number of halogens is 3. The van der Waals surface area contributed by atoms with Crippen molar-refractivity contribution in [2.24, 2.45) is 0 Å². The Balaban J connectivity index is 1.90. The van der Waals surface area contributed by atoms with Crippen LogP contribution in [0.4, 0.5) is 13.2 Å². The third kappa shape index (κ3) is 2.65. The fourth-order valence-electron chi connectivity index (χ4n) is 1.86. The number of nitrogens with one attached hydrogen (secondary N) is 3. The molecule has 0 spiro atoms. The third-order valence-corrected chi connectivity index (χ3v) is 2.83. The van der Waals surface area contributed by atoms with Gasteiger partial charge in [-0.05, 0) is 6.08 Å². The van der Waals surface area contributed by atoms with E-state index in [1.165, 1.54) is 11.7 Å². The second-order valence-electron chi connectivity index (χ2n) is 4.30. The first-order chi connectivity index (χ1) is 8.41. The summed E-state index contributed by atoms with van der Waals surface area (Å²) in [6, 6.07) is -0.460. The molecule has 1 atom stereocenters. The van der Waals surface area contributed by atoms with Gasteiger partial charge in [-0.15, -0.1) is 0 Å². The van der Waals surface area contributed by atoms with Gasteiger partial charge in [-0.3, -0.25) is 15.3 Å². The van der Waals surface area contributed by atoms with Crippen molar-refractivity contribution < 1.29 is 23.2 Å². The first-order valence-electron chi connectivity index (χ1n) is 5.33. The van der Waals surface area contributed by atoms with Gasteiger partial charge in [0.15, 0.2) is 0 Å². The molecule has 2 aliphatic rings. The fourth-order valence-corrected chi connectivity index (χ4v) is 1.86. The molecular formula is C10H12F3N3O2. The van der Waals surface area contributed by atoms with Crippen molar-refractivity contribution in [2.45, 2.75) is 31.0 Å². The van der Waals surface area contributed by atoms with Crippen LogP contribution in [0.1, 0.15) is 12.8 Å². The van der Waals surface area contributed by atoms with Crippen molar-refractivity contribution in [1.82, 2.24) is 16.1 Å². The van der Waals surface area contributed by atoms with Crippen LogP contribution < -0.4 is 16.1 Å². The van der Waals surface area contributed by atoms with Crippen LogP contribution in [-0.2, 0) is 4.79 Å². The van der Waals surface area contributed by atoms with Gasteiger partial charge in [0.05, 0.1) is 5.57 Å². The van der Waals surface area contributed by atoms with Crippen LogP contribution >= 0.6 is 0 Å². The molecule has 1 amide bonds. The van der Waals surface area contributed by atoms with Crippen LogP contribution in [0.3, 0.4) is 0 Å². The van der Waals surface area contributed by atoms with Crippen molar-refractivity contribution in [3.8, 4) is 0 Å². The second-order valence-corrected chi connectivity index (χ2v) is 4.30. The summed E-state index contributed by atoms with van der Waals surface area (Å²) in [5, 5.41) is 13.6. The zero-order valence-corrected chi connectivity index (χ0v) is 9.21. The fraction of sp³-hybridized carbons (Fsp3) is 0.500. The van der Waals surface area contributed by atoms with Crippen LogP contribution in [0.2, 0.25) is 0 Å². The van der Waals surface area contributed by atoms with E-state index in [4.69, 9.17) is 5.21 Å². The average Bonchev–Trinajstić information content (AvgIpc) is 2.28. The van der Waals surface area contributed by atoms with Crippen LogP contribution in [0.5, 0.6) is 0 Å². The van der Waals surface area contributed by atoms with Gasteiger partial charge in [-0.1, -0.05) is 0 Å². The van der Waals surface area contributed by atoms with Gasteiger partial charge >= 0.3 is 0 Å². The molecule has 0 radical (unpaired) electrons. The Morgan fingerprint density at radius 1 is 1.50 bits per heavy atom. The van der Waals surface area contributed by atoms with Crippen molar-refractivity contribution in [2.75, 3.05) is 0 Å². The van der Waals surface area contributed by atoms with Gasteiger partial charge in [0.2, 0.25) is 0 Å². The highest BCUT2D eigenvalue weighted by Crippen LogP contribution is 2.37. The minimum Gasteiger partial charge on any atom is -0.369 e. The van der Waals surface area contributed by atoms with Crippen molar-refractivity contribution >= 4 is 5.91 Å². The topological polar surface area (TPSA) is 73.4 Å². The number of amides is 1. The lowest BCUT2D eigenvalue weighted by molar-refractivity contribution is -0.125. The summed E-state index contributed by atoms with van der Waals surface area (Å²) >= 11 is 0. The normalized spacial score (nSPS) is 26.6. The van der Waals surface area contributed by atoms with E-state index in [-0.39, 0.29) is 18.4 Å². The molecule has 100 valence electrons. The number of rotatable bonds is 3. The predicted octanol–water partition coefficient (Wildman–Crippen LogP) is 0.546. The highest BCUT2D eigenvalue weighted by atomic mass is 19.3. The number of dihydropyridines is 1. The molecule has 4 N–H and O–H groups in total. The average molecular weight is 263 g/mol. The molecule has 1 aliphatic heterocycles. The van der Waals surface area contributed by atoms with Crippen LogP contribution in [0, 0.1) is 0 Å².